The van der Waals surface area contributed by atoms with E-state index in [0.717, 1.165) is 43.3 Å². The molecule has 0 atom stereocenters. The van der Waals surface area contributed by atoms with Gasteiger partial charge in [0.05, 0.1) is 44.2 Å². The van der Waals surface area contributed by atoms with E-state index in [-0.39, 0.29) is 18.4 Å². The van der Waals surface area contributed by atoms with Crippen LogP contribution in [0, 0.1) is 0 Å². The van der Waals surface area contributed by atoms with Crippen LogP contribution in [0.15, 0.2) is 65.6 Å². The van der Waals surface area contributed by atoms with Crippen molar-refractivity contribution in [1.82, 2.24) is 4.90 Å². The Morgan fingerprint density at radius 1 is 1.03 bits per heavy atom. The van der Waals surface area contributed by atoms with Crippen molar-refractivity contribution in [1.29, 1.82) is 0 Å². The minimum atomic E-state index is 0.0114. The fraction of sp³-hybridized carbons (Fsp3) is 0.304. The van der Waals surface area contributed by atoms with Gasteiger partial charge in [-0.05, 0) is 23.8 Å². The topological polar surface area (TPSA) is 45.1 Å². The van der Waals surface area contributed by atoms with Gasteiger partial charge in [0.1, 0.15) is 6.54 Å². The number of anilines is 1. The van der Waals surface area contributed by atoms with Gasteiger partial charge in [-0.2, -0.15) is 0 Å². The molecule has 1 fully saturated rings. The third-order valence-electron chi connectivity index (χ3n) is 5.44. The second-order valence-electron chi connectivity index (χ2n) is 7.38. The summed E-state index contributed by atoms with van der Waals surface area (Å²) in [6.07, 6.45) is 4.37. The number of hydrogen-bond donors (Lipinski definition) is 1. The van der Waals surface area contributed by atoms with Gasteiger partial charge in [-0.25, -0.2) is 0 Å². The molecule has 0 unspecified atom stereocenters. The Morgan fingerprint density at radius 3 is 2.55 bits per heavy atom. The Hall–Kier alpha value is -2.57. The molecule has 150 valence electrons. The van der Waals surface area contributed by atoms with Crippen molar-refractivity contribution in [3.8, 4) is 0 Å². The Morgan fingerprint density at radius 2 is 1.76 bits per heavy atom. The van der Waals surface area contributed by atoms with E-state index in [2.05, 4.69) is 24.3 Å². The number of para-hydroxylation sites is 1. The van der Waals surface area contributed by atoms with E-state index in [4.69, 9.17) is 0 Å². The number of carbonyl (C=O) groups is 2. The zero-order chi connectivity index (χ0) is 20.1. The number of benzene rings is 2. The van der Waals surface area contributed by atoms with Crippen LogP contribution in [0.4, 0.5) is 5.69 Å². The first-order valence-corrected chi connectivity index (χ1v) is 11.0. The molecule has 4 rings (SSSR count). The van der Waals surface area contributed by atoms with E-state index >= 15 is 0 Å². The van der Waals surface area contributed by atoms with Gasteiger partial charge < -0.3 is 14.7 Å². The van der Waals surface area contributed by atoms with Crippen molar-refractivity contribution in [2.24, 2.45) is 0 Å². The lowest BCUT2D eigenvalue weighted by atomic mass is 10.2. The number of fused-ring (bicyclic) bond motifs is 1. The zero-order valence-corrected chi connectivity index (χ0v) is 17.2. The molecule has 0 aliphatic carbocycles. The molecule has 1 saturated heterocycles. The van der Waals surface area contributed by atoms with Gasteiger partial charge in [-0.15, -0.1) is 11.8 Å². The van der Waals surface area contributed by atoms with E-state index in [1.165, 1.54) is 10.5 Å². The highest BCUT2D eigenvalue weighted by atomic mass is 32.2. The minimum absolute atomic E-state index is 0.0114. The highest BCUT2D eigenvalue weighted by Gasteiger charge is 2.29. The summed E-state index contributed by atoms with van der Waals surface area (Å²) in [6, 6.07) is 18.1. The van der Waals surface area contributed by atoms with Crippen molar-refractivity contribution in [3.05, 3.63) is 66.2 Å². The predicted octanol–water partition coefficient (Wildman–Crippen LogP) is 1.57. The van der Waals surface area contributed by atoms with Crippen molar-refractivity contribution < 1.29 is 14.5 Å². The first kappa shape index (κ1) is 19.7. The number of hydrogen-bond acceptors (Lipinski definition) is 3. The number of thioether (sulfide) groups is 1. The second kappa shape index (κ2) is 9.29. The van der Waals surface area contributed by atoms with Gasteiger partial charge in [0, 0.05) is 4.90 Å². The number of quaternary nitrogens is 1. The van der Waals surface area contributed by atoms with Gasteiger partial charge in [0.25, 0.3) is 0 Å². The molecular weight excluding hydrogens is 382 g/mol. The number of nitrogens with zero attached hydrogens (tertiary/aromatic N) is 2. The van der Waals surface area contributed by atoms with Gasteiger partial charge in [0.15, 0.2) is 0 Å². The molecule has 0 bridgehead atoms. The Labute approximate surface area is 176 Å². The van der Waals surface area contributed by atoms with Crippen LogP contribution in [0.2, 0.25) is 0 Å². The lowest BCUT2D eigenvalue weighted by molar-refractivity contribution is -0.898. The van der Waals surface area contributed by atoms with E-state index in [1.54, 1.807) is 16.7 Å². The summed E-state index contributed by atoms with van der Waals surface area (Å²) in [6.45, 7) is 4.46. The molecule has 2 aromatic carbocycles. The van der Waals surface area contributed by atoms with Crippen molar-refractivity contribution in [2.45, 2.75) is 4.90 Å². The molecule has 2 heterocycles. The van der Waals surface area contributed by atoms with Crippen LogP contribution in [0.25, 0.3) is 6.08 Å². The summed E-state index contributed by atoms with van der Waals surface area (Å²) in [4.78, 5) is 31.3. The SMILES string of the molecule is O=C(CN1C(=O)CSc2ccccc21)N1CC[NH+](C/C=C/c2ccccc2)CC1. The van der Waals surface area contributed by atoms with Crippen LogP contribution >= 0.6 is 11.8 Å². The van der Waals surface area contributed by atoms with E-state index in [1.807, 2.05) is 47.4 Å². The highest BCUT2D eigenvalue weighted by molar-refractivity contribution is 8.00. The van der Waals surface area contributed by atoms with Crippen LogP contribution in [-0.2, 0) is 9.59 Å². The zero-order valence-electron chi connectivity index (χ0n) is 16.4. The molecule has 5 nitrogen and oxygen atoms in total. The van der Waals surface area contributed by atoms with Crippen molar-refractivity contribution in [3.63, 3.8) is 0 Å². The molecule has 0 saturated carbocycles. The first-order valence-electron chi connectivity index (χ1n) is 10.1. The molecule has 0 aromatic heterocycles. The van der Waals surface area contributed by atoms with Crippen LogP contribution in [-0.4, -0.2) is 61.7 Å². The summed E-state index contributed by atoms with van der Waals surface area (Å²) in [7, 11) is 0. The number of rotatable bonds is 5. The lowest BCUT2D eigenvalue weighted by Crippen LogP contribution is -3.14. The molecule has 6 heteroatoms. The molecule has 2 aliphatic heterocycles. The van der Waals surface area contributed by atoms with Crippen molar-refractivity contribution in [2.75, 3.05) is 49.9 Å². The third-order valence-corrected chi connectivity index (χ3v) is 6.49. The second-order valence-corrected chi connectivity index (χ2v) is 8.40. The number of amides is 2. The molecule has 0 radical (unpaired) electrons. The average molecular weight is 409 g/mol. The summed E-state index contributed by atoms with van der Waals surface area (Å²) in [5.41, 5.74) is 2.07. The Balaban J connectivity index is 1.28. The van der Waals surface area contributed by atoms with Crippen molar-refractivity contribution >= 4 is 35.3 Å². The summed E-state index contributed by atoms with van der Waals surface area (Å²) in [5.74, 6) is 0.451. The van der Waals surface area contributed by atoms with Crippen LogP contribution in [0.3, 0.4) is 0 Å². The standard InChI is InChI=1S/C23H25N3O2S/c27-22(17-26-20-10-4-5-11-21(20)29-18-23(26)28)25-15-13-24(14-16-25)12-6-9-19-7-2-1-3-8-19/h1-11H,12-18H2/p+1/b9-6+. The lowest BCUT2D eigenvalue weighted by Gasteiger charge is -2.34. The van der Waals surface area contributed by atoms with E-state index < -0.39 is 0 Å². The fourth-order valence-electron chi connectivity index (χ4n) is 3.76. The summed E-state index contributed by atoms with van der Waals surface area (Å²) in [5, 5.41) is 0. The molecule has 2 aromatic rings. The smallest absolute Gasteiger partial charge is 0.243 e. The molecule has 2 aliphatic rings. The predicted molar refractivity (Wildman–Crippen MR) is 117 cm³/mol. The third kappa shape index (κ3) is 4.89. The van der Waals surface area contributed by atoms with Crippen LogP contribution in [0.5, 0.6) is 0 Å². The maximum Gasteiger partial charge on any atom is 0.243 e. The first-order chi connectivity index (χ1) is 14.2. The molecular formula is C23H26N3O2S+. The average Bonchev–Trinajstić information content (AvgIpc) is 2.77. The van der Waals surface area contributed by atoms with E-state index in [0.29, 0.717) is 5.75 Å². The van der Waals surface area contributed by atoms with Gasteiger partial charge >= 0.3 is 0 Å². The summed E-state index contributed by atoms with van der Waals surface area (Å²) >= 11 is 1.54. The number of nitrogens with one attached hydrogen (secondary N) is 1. The maximum atomic E-state index is 12.8. The normalized spacial score (nSPS) is 17.6. The number of carbonyl (C=O) groups excluding carboxylic acids is 2. The largest absolute Gasteiger partial charge is 0.330 e. The molecule has 0 spiro atoms. The molecule has 2 amide bonds. The van der Waals surface area contributed by atoms with Gasteiger partial charge in [-0.3, -0.25) is 9.59 Å². The highest BCUT2D eigenvalue weighted by Crippen LogP contribution is 2.34. The maximum absolute atomic E-state index is 12.8. The Bertz CT molecular complexity index is 892. The number of piperazine rings is 1. The van der Waals surface area contributed by atoms with Crippen LogP contribution in [0.1, 0.15) is 5.56 Å². The van der Waals surface area contributed by atoms with Gasteiger partial charge in [-0.1, -0.05) is 48.5 Å². The molecule has 1 N–H and O–H groups in total. The molecule has 29 heavy (non-hydrogen) atoms. The van der Waals surface area contributed by atoms with Gasteiger partial charge in [0.2, 0.25) is 11.8 Å². The van der Waals surface area contributed by atoms with E-state index in [9.17, 15) is 9.59 Å². The Kier molecular flexibility index (Phi) is 6.32. The fourth-order valence-corrected chi connectivity index (χ4v) is 4.70. The quantitative estimate of drug-likeness (QED) is 0.817. The monoisotopic (exact) mass is 408 g/mol. The van der Waals surface area contributed by atoms with Crippen LogP contribution < -0.4 is 9.80 Å². The summed E-state index contributed by atoms with van der Waals surface area (Å²) < 4.78 is 0. The minimum Gasteiger partial charge on any atom is -0.330 e.